The molecule has 1 saturated heterocycles. The molecule has 1 heterocycles. The Balaban J connectivity index is 1.75. The van der Waals surface area contributed by atoms with Crippen molar-refractivity contribution in [2.75, 3.05) is 0 Å². The summed E-state index contributed by atoms with van der Waals surface area (Å²) in [6.07, 6.45) is 2.95. The van der Waals surface area contributed by atoms with Gasteiger partial charge in [-0.2, -0.15) is 0 Å². The van der Waals surface area contributed by atoms with E-state index in [0.717, 1.165) is 25.7 Å². The van der Waals surface area contributed by atoms with Gasteiger partial charge in [0.25, 0.3) is 0 Å². The van der Waals surface area contributed by atoms with Gasteiger partial charge in [-0.15, -0.1) is 0 Å². The molecule has 1 aliphatic heterocycles. The molecule has 0 spiro atoms. The maximum atomic E-state index is 13.3. The maximum Gasteiger partial charge on any atom is 0.326 e. The number of carboxylic acid groups (broad SMARTS) is 1. The number of carboxylic acids is 1. The van der Waals surface area contributed by atoms with Gasteiger partial charge in [-0.25, -0.2) is 9.18 Å². The summed E-state index contributed by atoms with van der Waals surface area (Å²) in [5.74, 6) is -1.60. The lowest BCUT2D eigenvalue weighted by atomic mass is 9.84. The normalized spacial score (nSPS) is 27.6. The van der Waals surface area contributed by atoms with E-state index >= 15 is 0 Å². The van der Waals surface area contributed by atoms with Crippen molar-refractivity contribution in [3.8, 4) is 0 Å². The van der Waals surface area contributed by atoms with Crippen molar-refractivity contribution in [3.05, 3.63) is 35.6 Å². The van der Waals surface area contributed by atoms with Crippen LogP contribution in [0, 0.1) is 11.7 Å². The van der Waals surface area contributed by atoms with Crippen LogP contribution in [0.2, 0.25) is 0 Å². The van der Waals surface area contributed by atoms with Crippen molar-refractivity contribution < 1.29 is 24.2 Å². The molecule has 2 N–H and O–H groups in total. The van der Waals surface area contributed by atoms with E-state index < -0.39 is 23.9 Å². The number of halogens is 1. The average Bonchev–Trinajstić information content (AvgIpc) is 2.94. The van der Waals surface area contributed by atoms with Gasteiger partial charge >= 0.3 is 5.97 Å². The molecule has 0 bridgehead atoms. The highest BCUT2D eigenvalue weighted by Gasteiger charge is 2.47. The predicted octanol–water partition coefficient (Wildman–Crippen LogP) is 2.49. The number of aliphatic carboxylic acids is 1. The van der Waals surface area contributed by atoms with E-state index in [2.05, 4.69) is 0 Å². The molecule has 24 heavy (non-hydrogen) atoms. The van der Waals surface area contributed by atoms with Crippen molar-refractivity contribution in [2.24, 2.45) is 5.92 Å². The number of nitrogens with zero attached hydrogens (tertiary/aromatic N) is 1. The van der Waals surface area contributed by atoms with Crippen LogP contribution in [0.4, 0.5) is 4.39 Å². The monoisotopic (exact) mass is 335 g/mol. The summed E-state index contributed by atoms with van der Waals surface area (Å²) in [6.45, 7) is 0. The van der Waals surface area contributed by atoms with E-state index in [0.29, 0.717) is 12.0 Å². The van der Waals surface area contributed by atoms with Crippen LogP contribution in [0.3, 0.4) is 0 Å². The van der Waals surface area contributed by atoms with Gasteiger partial charge in [-0.1, -0.05) is 25.0 Å². The molecule has 1 amide bonds. The minimum atomic E-state index is -1.13. The van der Waals surface area contributed by atoms with E-state index in [9.17, 15) is 24.2 Å². The number of aliphatic hydroxyl groups excluding tert-OH is 1. The molecule has 4 atom stereocenters. The Labute approximate surface area is 140 Å². The standard InChI is InChI=1S/C18H22FNO4/c19-13-6-3-5-12(8-13)16(21)10-17(22)20-14-7-2-1-4-11(14)9-15(20)18(23)24/h3,5-6,8,11,14-16,21H,1-2,4,7,9-10H2,(H,23,24)/t11-,14-,15-,16-/m0/s1. The Hall–Kier alpha value is -1.95. The molecule has 2 fully saturated rings. The first-order chi connectivity index (χ1) is 11.5. The number of fused-ring (bicyclic) bond motifs is 1. The SMILES string of the molecule is O=C(O)[C@@H]1C[C@@H]2CCCC[C@@H]2N1C(=O)C[C@H](O)c1cccc(F)c1. The van der Waals surface area contributed by atoms with Gasteiger partial charge in [0.1, 0.15) is 11.9 Å². The fraction of sp³-hybridized carbons (Fsp3) is 0.556. The van der Waals surface area contributed by atoms with Crippen LogP contribution in [-0.4, -0.2) is 39.1 Å². The molecule has 1 saturated carbocycles. The predicted molar refractivity (Wildman–Crippen MR) is 84.6 cm³/mol. The van der Waals surface area contributed by atoms with Gasteiger partial charge in [0.2, 0.25) is 5.91 Å². The third kappa shape index (κ3) is 3.29. The van der Waals surface area contributed by atoms with Crippen LogP contribution in [0.15, 0.2) is 24.3 Å². The molecule has 5 nitrogen and oxygen atoms in total. The van der Waals surface area contributed by atoms with Gasteiger partial charge in [0.15, 0.2) is 0 Å². The highest BCUT2D eigenvalue weighted by Crippen LogP contribution is 2.40. The van der Waals surface area contributed by atoms with Gasteiger partial charge in [-0.05, 0) is 42.9 Å². The fourth-order valence-corrected chi connectivity index (χ4v) is 4.14. The highest BCUT2D eigenvalue weighted by molar-refractivity contribution is 5.85. The Kier molecular flexibility index (Phi) is 4.85. The van der Waals surface area contributed by atoms with Crippen molar-refractivity contribution in [1.29, 1.82) is 0 Å². The van der Waals surface area contributed by atoms with Gasteiger partial charge in [-0.3, -0.25) is 4.79 Å². The molecule has 1 aromatic carbocycles. The molecular formula is C18H22FNO4. The summed E-state index contributed by atoms with van der Waals surface area (Å²) < 4.78 is 13.3. The summed E-state index contributed by atoms with van der Waals surface area (Å²) in [5, 5.41) is 19.7. The van der Waals surface area contributed by atoms with Gasteiger partial charge in [0.05, 0.1) is 12.5 Å². The lowest BCUT2D eigenvalue weighted by molar-refractivity contribution is -0.150. The average molecular weight is 335 g/mol. The number of amides is 1. The molecule has 0 aromatic heterocycles. The first-order valence-electron chi connectivity index (χ1n) is 8.45. The first kappa shape index (κ1) is 16.9. The Morgan fingerprint density at radius 1 is 1.29 bits per heavy atom. The third-order valence-corrected chi connectivity index (χ3v) is 5.26. The lowest BCUT2D eigenvalue weighted by Crippen LogP contribution is -2.46. The zero-order chi connectivity index (χ0) is 17.3. The number of carbonyl (C=O) groups excluding carboxylic acids is 1. The minimum absolute atomic E-state index is 0.0490. The molecule has 0 unspecified atom stereocenters. The second-order valence-electron chi connectivity index (χ2n) is 6.78. The number of benzene rings is 1. The van der Waals surface area contributed by atoms with E-state index in [1.54, 1.807) is 6.07 Å². The summed E-state index contributed by atoms with van der Waals surface area (Å²) >= 11 is 0. The molecule has 3 rings (SSSR count). The zero-order valence-corrected chi connectivity index (χ0v) is 13.4. The largest absolute Gasteiger partial charge is 0.480 e. The van der Waals surface area contributed by atoms with Crippen LogP contribution in [0.1, 0.15) is 50.2 Å². The van der Waals surface area contributed by atoms with Crippen LogP contribution in [0.5, 0.6) is 0 Å². The number of aliphatic hydroxyl groups is 1. The minimum Gasteiger partial charge on any atom is -0.480 e. The Bertz CT molecular complexity index is 635. The number of carbonyl (C=O) groups is 2. The molecule has 130 valence electrons. The summed E-state index contributed by atoms with van der Waals surface area (Å²) in [6, 6.07) is 4.64. The summed E-state index contributed by atoms with van der Waals surface area (Å²) in [7, 11) is 0. The van der Waals surface area contributed by atoms with E-state index in [-0.39, 0.29) is 24.3 Å². The van der Waals surface area contributed by atoms with Crippen molar-refractivity contribution in [3.63, 3.8) is 0 Å². The van der Waals surface area contributed by atoms with E-state index in [1.807, 2.05) is 0 Å². The third-order valence-electron chi connectivity index (χ3n) is 5.26. The summed E-state index contributed by atoms with van der Waals surface area (Å²) in [4.78, 5) is 25.7. The second-order valence-corrected chi connectivity index (χ2v) is 6.78. The van der Waals surface area contributed by atoms with Crippen LogP contribution >= 0.6 is 0 Å². The van der Waals surface area contributed by atoms with Crippen molar-refractivity contribution >= 4 is 11.9 Å². The Morgan fingerprint density at radius 2 is 2.04 bits per heavy atom. The van der Waals surface area contributed by atoms with E-state index in [4.69, 9.17) is 0 Å². The fourth-order valence-electron chi connectivity index (χ4n) is 4.14. The van der Waals surface area contributed by atoms with Crippen molar-refractivity contribution in [2.45, 2.75) is 56.7 Å². The number of hydrogen-bond acceptors (Lipinski definition) is 3. The van der Waals surface area contributed by atoms with Crippen LogP contribution in [-0.2, 0) is 9.59 Å². The topological polar surface area (TPSA) is 77.8 Å². The zero-order valence-electron chi connectivity index (χ0n) is 13.4. The number of hydrogen-bond donors (Lipinski definition) is 2. The highest BCUT2D eigenvalue weighted by atomic mass is 19.1. The maximum absolute atomic E-state index is 13.3. The molecule has 0 radical (unpaired) electrons. The molecule has 1 aromatic rings. The second kappa shape index (κ2) is 6.89. The number of rotatable bonds is 4. The quantitative estimate of drug-likeness (QED) is 0.886. The van der Waals surface area contributed by atoms with Gasteiger partial charge < -0.3 is 15.1 Å². The number of likely N-dealkylation sites (tertiary alicyclic amines) is 1. The van der Waals surface area contributed by atoms with Crippen molar-refractivity contribution in [1.82, 2.24) is 4.90 Å². The molecule has 6 heteroatoms. The smallest absolute Gasteiger partial charge is 0.326 e. The van der Waals surface area contributed by atoms with Gasteiger partial charge in [0, 0.05) is 6.04 Å². The Morgan fingerprint density at radius 3 is 2.75 bits per heavy atom. The summed E-state index contributed by atoms with van der Waals surface area (Å²) in [5.41, 5.74) is 0.328. The van der Waals surface area contributed by atoms with Crippen LogP contribution < -0.4 is 0 Å². The molecule has 1 aliphatic carbocycles. The first-order valence-corrected chi connectivity index (χ1v) is 8.45. The molecular weight excluding hydrogens is 313 g/mol. The van der Waals surface area contributed by atoms with Crippen LogP contribution in [0.25, 0.3) is 0 Å². The molecule has 2 aliphatic rings. The lowest BCUT2D eigenvalue weighted by Gasteiger charge is -2.33. The van der Waals surface area contributed by atoms with E-state index in [1.165, 1.54) is 23.1 Å².